The molecule has 0 spiro atoms. The SMILES string of the molecule is C=CC(=O)N(CO)C(=O)C=C.C=CC(=O)OCCCC.C=Cc1ccccc1. The average Bonchev–Trinajstić information content (AvgIpc) is 2.75. The van der Waals surface area contributed by atoms with Crippen LogP contribution in [0.1, 0.15) is 25.3 Å². The molecule has 1 rings (SSSR count). The molecule has 0 aromatic heterocycles. The highest BCUT2D eigenvalue weighted by molar-refractivity contribution is 6.04. The molecule has 0 fully saturated rings. The van der Waals surface area contributed by atoms with Crippen molar-refractivity contribution in [3.05, 3.63) is 80.4 Å². The van der Waals surface area contributed by atoms with Crippen LogP contribution in [0, 0.1) is 0 Å². The first-order valence-corrected chi connectivity index (χ1v) is 8.59. The topological polar surface area (TPSA) is 83.9 Å². The van der Waals surface area contributed by atoms with E-state index in [9.17, 15) is 14.4 Å². The first-order valence-electron chi connectivity index (χ1n) is 8.59. The number of rotatable bonds is 8. The second kappa shape index (κ2) is 18.5. The van der Waals surface area contributed by atoms with Gasteiger partial charge in [0.05, 0.1) is 6.61 Å². The fourth-order valence-corrected chi connectivity index (χ4v) is 1.43. The van der Waals surface area contributed by atoms with Crippen molar-refractivity contribution in [2.24, 2.45) is 0 Å². The molecule has 0 atom stereocenters. The van der Waals surface area contributed by atoms with Gasteiger partial charge in [-0.15, -0.1) is 0 Å². The molecule has 1 aromatic rings. The van der Waals surface area contributed by atoms with Gasteiger partial charge in [0.1, 0.15) is 6.73 Å². The summed E-state index contributed by atoms with van der Waals surface area (Å²) < 4.78 is 4.67. The number of amides is 2. The third kappa shape index (κ3) is 14.0. The minimum absolute atomic E-state index is 0.330. The number of imide groups is 1. The molecular formula is C22H29NO5. The van der Waals surface area contributed by atoms with Crippen LogP contribution in [-0.2, 0) is 19.1 Å². The van der Waals surface area contributed by atoms with Gasteiger partial charge < -0.3 is 9.84 Å². The summed E-state index contributed by atoms with van der Waals surface area (Å²) in [5.41, 5.74) is 1.17. The highest BCUT2D eigenvalue weighted by Gasteiger charge is 2.13. The molecule has 1 aromatic carbocycles. The third-order valence-electron chi connectivity index (χ3n) is 2.97. The van der Waals surface area contributed by atoms with Gasteiger partial charge in [0.2, 0.25) is 0 Å². The molecule has 0 heterocycles. The van der Waals surface area contributed by atoms with Crippen molar-refractivity contribution >= 4 is 23.9 Å². The summed E-state index contributed by atoms with van der Waals surface area (Å²) >= 11 is 0. The maximum Gasteiger partial charge on any atom is 0.330 e. The largest absolute Gasteiger partial charge is 0.463 e. The van der Waals surface area contributed by atoms with E-state index in [4.69, 9.17) is 5.11 Å². The van der Waals surface area contributed by atoms with E-state index < -0.39 is 18.5 Å². The van der Waals surface area contributed by atoms with Gasteiger partial charge in [0.25, 0.3) is 11.8 Å². The van der Waals surface area contributed by atoms with Crippen molar-refractivity contribution in [2.75, 3.05) is 13.3 Å². The lowest BCUT2D eigenvalue weighted by atomic mass is 10.2. The van der Waals surface area contributed by atoms with Crippen molar-refractivity contribution in [3.63, 3.8) is 0 Å². The van der Waals surface area contributed by atoms with Crippen LogP contribution in [0.5, 0.6) is 0 Å². The molecule has 1 N–H and O–H groups in total. The van der Waals surface area contributed by atoms with E-state index in [1.807, 2.05) is 43.3 Å². The lowest BCUT2D eigenvalue weighted by molar-refractivity contribution is -0.143. The summed E-state index contributed by atoms with van der Waals surface area (Å²) in [6.07, 6.45) is 6.87. The lowest BCUT2D eigenvalue weighted by Crippen LogP contribution is -2.34. The molecule has 0 bridgehead atoms. The van der Waals surface area contributed by atoms with Crippen molar-refractivity contribution in [1.29, 1.82) is 0 Å². The molecular weight excluding hydrogens is 358 g/mol. The number of benzene rings is 1. The standard InChI is InChI=1S/C8H8.C7H9NO3.C7H12O2/c1-2-8-6-4-3-5-7-8;1-3-6(10)8(5-9)7(11)4-2;1-3-5-6-9-7(8)4-2/h2-7H,1H2;3-4,9H,1-2,5H2;4H,2-3,5-6H2,1H3. The summed E-state index contributed by atoms with van der Waals surface area (Å²) in [5.74, 6) is -1.61. The molecule has 6 heteroatoms. The van der Waals surface area contributed by atoms with Crippen molar-refractivity contribution in [3.8, 4) is 0 Å². The number of unbranched alkanes of at least 4 members (excludes halogenated alkanes) is 1. The molecule has 152 valence electrons. The minimum atomic E-state index is -0.657. The maximum absolute atomic E-state index is 10.7. The number of nitrogens with zero attached hydrogens (tertiary/aromatic N) is 1. The molecule has 6 nitrogen and oxygen atoms in total. The summed E-state index contributed by atoms with van der Waals surface area (Å²) in [6, 6.07) is 10.0. The van der Waals surface area contributed by atoms with E-state index in [-0.39, 0.29) is 5.97 Å². The predicted octanol–water partition coefficient (Wildman–Crippen LogP) is 3.51. The monoisotopic (exact) mass is 387 g/mol. The van der Waals surface area contributed by atoms with Crippen LogP contribution >= 0.6 is 0 Å². The number of ether oxygens (including phenoxy) is 1. The van der Waals surface area contributed by atoms with Crippen LogP contribution < -0.4 is 0 Å². The van der Waals surface area contributed by atoms with Crippen LogP contribution in [0.15, 0.2) is 74.9 Å². The quantitative estimate of drug-likeness (QED) is 0.319. The molecule has 0 aliphatic carbocycles. The van der Waals surface area contributed by atoms with Crippen molar-refractivity contribution in [1.82, 2.24) is 4.90 Å². The highest BCUT2D eigenvalue weighted by Crippen LogP contribution is 1.97. The van der Waals surface area contributed by atoms with Gasteiger partial charge in [0, 0.05) is 6.08 Å². The molecule has 0 aliphatic heterocycles. The van der Waals surface area contributed by atoms with Gasteiger partial charge in [0.15, 0.2) is 0 Å². The Morgan fingerprint density at radius 3 is 1.86 bits per heavy atom. The van der Waals surface area contributed by atoms with Crippen LogP contribution in [0.2, 0.25) is 0 Å². The fourth-order valence-electron chi connectivity index (χ4n) is 1.43. The minimum Gasteiger partial charge on any atom is -0.463 e. The number of hydrogen-bond acceptors (Lipinski definition) is 5. The smallest absolute Gasteiger partial charge is 0.330 e. The Balaban J connectivity index is 0. The zero-order valence-corrected chi connectivity index (χ0v) is 16.4. The molecule has 0 saturated heterocycles. The molecule has 0 radical (unpaired) electrons. The van der Waals surface area contributed by atoms with E-state index in [1.165, 1.54) is 11.6 Å². The molecule has 0 saturated carbocycles. The summed E-state index contributed by atoms with van der Waals surface area (Å²) in [7, 11) is 0. The van der Waals surface area contributed by atoms with E-state index in [0.29, 0.717) is 11.5 Å². The number of aliphatic hydroxyl groups is 1. The van der Waals surface area contributed by atoms with Gasteiger partial charge in [-0.05, 0) is 24.1 Å². The second-order valence-corrected chi connectivity index (χ2v) is 4.99. The van der Waals surface area contributed by atoms with E-state index >= 15 is 0 Å². The Bertz CT molecular complexity index is 618. The third-order valence-corrected chi connectivity index (χ3v) is 2.97. The van der Waals surface area contributed by atoms with Gasteiger partial charge in [-0.25, -0.2) is 4.79 Å². The zero-order chi connectivity index (χ0) is 21.8. The Hall–Kier alpha value is -3.25. The number of hydrogen-bond donors (Lipinski definition) is 1. The summed E-state index contributed by atoms with van der Waals surface area (Å²) in [5, 5.41) is 8.52. The van der Waals surface area contributed by atoms with Gasteiger partial charge in [-0.3, -0.25) is 14.5 Å². The van der Waals surface area contributed by atoms with Crippen LogP contribution in [0.4, 0.5) is 0 Å². The van der Waals surface area contributed by atoms with Gasteiger partial charge >= 0.3 is 5.97 Å². The van der Waals surface area contributed by atoms with Crippen LogP contribution in [-0.4, -0.2) is 41.1 Å². The first kappa shape index (κ1) is 27.0. The predicted molar refractivity (Wildman–Crippen MR) is 112 cm³/mol. The Morgan fingerprint density at radius 2 is 1.54 bits per heavy atom. The highest BCUT2D eigenvalue weighted by atomic mass is 16.5. The Kier molecular flexibility index (Phi) is 17.9. The number of aliphatic hydroxyl groups excluding tert-OH is 1. The zero-order valence-electron chi connectivity index (χ0n) is 16.4. The normalized spacial score (nSPS) is 8.50. The van der Waals surface area contributed by atoms with E-state index in [2.05, 4.69) is 31.1 Å². The molecule has 0 aliphatic rings. The van der Waals surface area contributed by atoms with Gasteiger partial charge in [-0.1, -0.05) is 76.1 Å². The molecule has 2 amide bonds. The lowest BCUT2D eigenvalue weighted by Gasteiger charge is -2.12. The number of esters is 1. The molecule has 0 unspecified atom stereocenters. The Morgan fingerprint density at radius 1 is 1.00 bits per heavy atom. The maximum atomic E-state index is 10.7. The van der Waals surface area contributed by atoms with E-state index in [0.717, 1.165) is 25.0 Å². The second-order valence-electron chi connectivity index (χ2n) is 4.99. The molecule has 28 heavy (non-hydrogen) atoms. The fraction of sp³-hybridized carbons (Fsp3) is 0.227. The first-order chi connectivity index (χ1) is 13.4. The Labute approximate surface area is 167 Å². The number of carbonyl (C=O) groups excluding carboxylic acids is 3. The van der Waals surface area contributed by atoms with Gasteiger partial charge in [-0.2, -0.15) is 0 Å². The average molecular weight is 387 g/mol. The van der Waals surface area contributed by atoms with Crippen molar-refractivity contribution < 1.29 is 24.2 Å². The van der Waals surface area contributed by atoms with Crippen molar-refractivity contribution in [2.45, 2.75) is 19.8 Å². The van der Waals surface area contributed by atoms with Crippen LogP contribution in [0.25, 0.3) is 6.08 Å². The number of carbonyl (C=O) groups is 3. The van der Waals surface area contributed by atoms with E-state index in [1.54, 1.807) is 0 Å². The summed E-state index contributed by atoms with van der Waals surface area (Å²) in [6.45, 7) is 15.1. The van der Waals surface area contributed by atoms with Crippen LogP contribution in [0.3, 0.4) is 0 Å². The summed E-state index contributed by atoms with van der Waals surface area (Å²) in [4.78, 5) is 32.4.